The highest BCUT2D eigenvalue weighted by atomic mass is 16.5. The van der Waals surface area contributed by atoms with Gasteiger partial charge in [0.05, 0.1) is 27.4 Å². The maximum absolute atomic E-state index is 12.4. The van der Waals surface area contributed by atoms with Gasteiger partial charge < -0.3 is 18.9 Å². The van der Waals surface area contributed by atoms with Crippen LogP contribution in [-0.2, 0) is 0 Å². The van der Waals surface area contributed by atoms with Crippen molar-refractivity contribution in [1.82, 2.24) is 0 Å². The SMILES string of the molecule is COc1ccc(C(=O)/C=C/c2cccc(OCCCCCCOc3cccc(/C=C/C(=O)c4ccc(OC)cc4)c3)c2)cc1. The van der Waals surface area contributed by atoms with Crippen LogP contribution in [0, 0.1) is 0 Å². The van der Waals surface area contributed by atoms with E-state index in [0.29, 0.717) is 24.3 Å². The summed E-state index contributed by atoms with van der Waals surface area (Å²) in [6.45, 7) is 1.25. The summed E-state index contributed by atoms with van der Waals surface area (Å²) in [6.07, 6.45) is 10.7. The first kappa shape index (κ1) is 31.8. The third kappa shape index (κ3) is 10.3. The minimum Gasteiger partial charge on any atom is -0.497 e. The Bertz CT molecular complexity index is 1430. The molecular formula is C38H38O6. The first-order valence-electron chi connectivity index (χ1n) is 14.7. The molecular weight excluding hydrogens is 552 g/mol. The Morgan fingerprint density at radius 3 is 1.32 bits per heavy atom. The van der Waals surface area contributed by atoms with Crippen LogP contribution in [0.3, 0.4) is 0 Å². The van der Waals surface area contributed by atoms with Gasteiger partial charge in [0.1, 0.15) is 23.0 Å². The Kier molecular flexibility index (Phi) is 12.4. The fourth-order valence-corrected chi connectivity index (χ4v) is 4.40. The number of methoxy groups -OCH3 is 2. The van der Waals surface area contributed by atoms with E-state index in [1.807, 2.05) is 48.5 Å². The van der Waals surface area contributed by atoms with Crippen molar-refractivity contribution in [2.75, 3.05) is 27.4 Å². The molecule has 4 aromatic rings. The molecule has 0 aliphatic heterocycles. The standard InChI is InChI=1S/C38H38O6/c1-41-33-19-15-31(16-20-33)37(39)23-13-29-9-7-11-35(27-29)43-25-5-3-4-6-26-44-36-12-8-10-30(28-36)14-24-38(40)32-17-21-34(42-2)22-18-32/h7-24,27-28H,3-6,25-26H2,1-2H3/b23-13+,24-14+. The predicted octanol–water partition coefficient (Wildman–Crippen LogP) is 8.51. The van der Waals surface area contributed by atoms with E-state index in [9.17, 15) is 9.59 Å². The zero-order valence-corrected chi connectivity index (χ0v) is 25.2. The molecule has 0 amide bonds. The van der Waals surface area contributed by atoms with Crippen LogP contribution in [0.25, 0.3) is 12.2 Å². The van der Waals surface area contributed by atoms with Crippen molar-refractivity contribution >= 4 is 23.7 Å². The second kappa shape index (κ2) is 17.1. The third-order valence-corrected chi connectivity index (χ3v) is 6.90. The Labute approximate surface area is 259 Å². The summed E-state index contributed by atoms with van der Waals surface area (Å²) < 4.78 is 22.1. The molecule has 0 aliphatic rings. The minimum absolute atomic E-state index is 0.0651. The smallest absolute Gasteiger partial charge is 0.185 e. The van der Waals surface area contributed by atoms with Crippen molar-refractivity contribution < 1.29 is 28.5 Å². The van der Waals surface area contributed by atoms with Crippen LogP contribution in [0.4, 0.5) is 0 Å². The maximum atomic E-state index is 12.4. The molecule has 0 N–H and O–H groups in total. The van der Waals surface area contributed by atoms with E-state index in [0.717, 1.165) is 59.8 Å². The number of ketones is 2. The fraction of sp³-hybridized carbons (Fsp3) is 0.211. The molecule has 0 fully saturated rings. The lowest BCUT2D eigenvalue weighted by Gasteiger charge is -2.08. The zero-order valence-electron chi connectivity index (χ0n) is 25.2. The van der Waals surface area contributed by atoms with E-state index >= 15 is 0 Å². The van der Waals surface area contributed by atoms with Crippen LogP contribution in [-0.4, -0.2) is 39.0 Å². The minimum atomic E-state index is -0.0651. The van der Waals surface area contributed by atoms with Gasteiger partial charge >= 0.3 is 0 Å². The molecule has 0 bridgehead atoms. The van der Waals surface area contributed by atoms with Gasteiger partial charge in [0, 0.05) is 11.1 Å². The van der Waals surface area contributed by atoms with E-state index in [1.54, 1.807) is 87.1 Å². The molecule has 4 aromatic carbocycles. The average molecular weight is 591 g/mol. The van der Waals surface area contributed by atoms with Crippen molar-refractivity contribution in [1.29, 1.82) is 0 Å². The summed E-state index contributed by atoms with van der Waals surface area (Å²) in [5, 5.41) is 0. The highest BCUT2D eigenvalue weighted by molar-refractivity contribution is 6.07. The highest BCUT2D eigenvalue weighted by Crippen LogP contribution is 2.19. The van der Waals surface area contributed by atoms with E-state index < -0.39 is 0 Å². The van der Waals surface area contributed by atoms with Crippen LogP contribution in [0.5, 0.6) is 23.0 Å². The summed E-state index contributed by atoms with van der Waals surface area (Å²) in [7, 11) is 3.20. The Hall–Kier alpha value is -5.10. The largest absolute Gasteiger partial charge is 0.497 e. The lowest BCUT2D eigenvalue weighted by molar-refractivity contribution is 0.103. The van der Waals surface area contributed by atoms with E-state index in [-0.39, 0.29) is 11.6 Å². The molecule has 6 heteroatoms. The monoisotopic (exact) mass is 590 g/mol. The normalized spacial score (nSPS) is 11.0. The number of carbonyl (C=O) groups excluding carboxylic acids is 2. The second-order valence-electron chi connectivity index (χ2n) is 10.1. The van der Waals surface area contributed by atoms with Crippen LogP contribution < -0.4 is 18.9 Å². The van der Waals surface area contributed by atoms with Crippen molar-refractivity contribution in [3.05, 3.63) is 131 Å². The van der Waals surface area contributed by atoms with Crippen molar-refractivity contribution in [2.24, 2.45) is 0 Å². The summed E-state index contributed by atoms with van der Waals surface area (Å²) >= 11 is 0. The number of unbranched alkanes of at least 4 members (excludes halogenated alkanes) is 3. The summed E-state index contributed by atoms with van der Waals surface area (Å²) in [5.41, 5.74) is 3.04. The Balaban J connectivity index is 1.11. The van der Waals surface area contributed by atoms with Gasteiger partial charge in [-0.2, -0.15) is 0 Å². The molecule has 0 radical (unpaired) electrons. The van der Waals surface area contributed by atoms with Crippen LogP contribution in [0.2, 0.25) is 0 Å². The van der Waals surface area contributed by atoms with Gasteiger partial charge in [0.2, 0.25) is 0 Å². The van der Waals surface area contributed by atoms with Crippen LogP contribution >= 0.6 is 0 Å². The van der Waals surface area contributed by atoms with Crippen LogP contribution in [0.1, 0.15) is 57.5 Å². The number of benzene rings is 4. The first-order valence-corrected chi connectivity index (χ1v) is 14.7. The third-order valence-electron chi connectivity index (χ3n) is 6.90. The van der Waals surface area contributed by atoms with Gasteiger partial charge in [-0.1, -0.05) is 36.4 Å². The highest BCUT2D eigenvalue weighted by Gasteiger charge is 2.04. The fourth-order valence-electron chi connectivity index (χ4n) is 4.40. The van der Waals surface area contributed by atoms with Gasteiger partial charge in [-0.15, -0.1) is 0 Å². The predicted molar refractivity (Wildman–Crippen MR) is 175 cm³/mol. The Morgan fingerprint density at radius 1 is 0.523 bits per heavy atom. The maximum Gasteiger partial charge on any atom is 0.185 e. The van der Waals surface area contributed by atoms with E-state index in [1.165, 1.54) is 0 Å². The molecule has 0 saturated carbocycles. The molecule has 0 saturated heterocycles. The quantitative estimate of drug-likeness (QED) is 0.0697. The van der Waals surface area contributed by atoms with Gasteiger partial charge in [-0.25, -0.2) is 0 Å². The summed E-state index contributed by atoms with van der Waals surface area (Å²) in [6, 6.07) is 29.6. The molecule has 0 aliphatic carbocycles. The molecule has 44 heavy (non-hydrogen) atoms. The molecule has 0 spiro atoms. The lowest BCUT2D eigenvalue weighted by atomic mass is 10.1. The van der Waals surface area contributed by atoms with E-state index in [4.69, 9.17) is 18.9 Å². The van der Waals surface area contributed by atoms with Gasteiger partial charge in [-0.05, 0) is 122 Å². The van der Waals surface area contributed by atoms with Crippen molar-refractivity contribution in [3.63, 3.8) is 0 Å². The molecule has 4 rings (SSSR count). The Morgan fingerprint density at radius 2 is 0.932 bits per heavy atom. The van der Waals surface area contributed by atoms with Crippen LogP contribution in [0.15, 0.2) is 109 Å². The second-order valence-corrected chi connectivity index (χ2v) is 10.1. The van der Waals surface area contributed by atoms with Gasteiger partial charge in [0.15, 0.2) is 11.6 Å². The number of rotatable bonds is 17. The number of hydrogen-bond acceptors (Lipinski definition) is 6. The first-order chi connectivity index (χ1) is 21.5. The molecule has 6 nitrogen and oxygen atoms in total. The topological polar surface area (TPSA) is 71.1 Å². The summed E-state index contributed by atoms with van der Waals surface area (Å²) in [4.78, 5) is 24.9. The van der Waals surface area contributed by atoms with Gasteiger partial charge in [0.25, 0.3) is 0 Å². The average Bonchev–Trinajstić information content (AvgIpc) is 3.07. The molecule has 0 aromatic heterocycles. The van der Waals surface area contributed by atoms with E-state index in [2.05, 4.69) is 0 Å². The van der Waals surface area contributed by atoms with Crippen molar-refractivity contribution in [2.45, 2.75) is 25.7 Å². The number of ether oxygens (including phenoxy) is 4. The molecule has 0 unspecified atom stereocenters. The summed E-state index contributed by atoms with van der Waals surface area (Å²) in [5.74, 6) is 2.88. The zero-order chi connectivity index (χ0) is 31.0. The number of carbonyl (C=O) groups is 2. The molecule has 226 valence electrons. The number of hydrogen-bond donors (Lipinski definition) is 0. The molecule has 0 atom stereocenters. The number of allylic oxidation sites excluding steroid dienone is 2. The molecule has 0 heterocycles. The lowest BCUT2D eigenvalue weighted by Crippen LogP contribution is -2.00. The van der Waals surface area contributed by atoms with Crippen molar-refractivity contribution in [3.8, 4) is 23.0 Å². The van der Waals surface area contributed by atoms with Gasteiger partial charge in [-0.3, -0.25) is 9.59 Å².